The molecule has 0 bridgehead atoms. The van der Waals surface area contributed by atoms with Crippen molar-refractivity contribution in [2.24, 2.45) is 5.10 Å². The van der Waals surface area contributed by atoms with Crippen LogP contribution < -0.4 is 10.2 Å². The molecule has 0 aliphatic heterocycles. The van der Waals surface area contributed by atoms with Crippen LogP contribution in [0.1, 0.15) is 15.9 Å². The van der Waals surface area contributed by atoms with Crippen molar-refractivity contribution in [3.05, 3.63) is 64.1 Å². The molecular formula is C15H13BrN2O2. The van der Waals surface area contributed by atoms with E-state index in [0.29, 0.717) is 11.3 Å². The molecule has 20 heavy (non-hydrogen) atoms. The quantitative estimate of drug-likeness (QED) is 0.690. The van der Waals surface area contributed by atoms with Gasteiger partial charge in [0.25, 0.3) is 5.91 Å². The van der Waals surface area contributed by atoms with Crippen LogP contribution in [0.15, 0.2) is 58.1 Å². The number of carbonyl (C=O) groups excluding carboxylic acids is 1. The maximum Gasteiger partial charge on any atom is 0.271 e. The van der Waals surface area contributed by atoms with Gasteiger partial charge in [0.05, 0.1) is 13.3 Å². The lowest BCUT2D eigenvalue weighted by atomic mass is 10.2. The van der Waals surface area contributed by atoms with Crippen LogP contribution in [0.5, 0.6) is 5.75 Å². The van der Waals surface area contributed by atoms with E-state index in [0.717, 1.165) is 10.0 Å². The Balaban J connectivity index is 2.03. The van der Waals surface area contributed by atoms with Gasteiger partial charge in [-0.05, 0) is 24.3 Å². The summed E-state index contributed by atoms with van der Waals surface area (Å²) in [4.78, 5) is 11.9. The number of benzene rings is 2. The fourth-order valence-electron chi connectivity index (χ4n) is 1.57. The second-order valence-electron chi connectivity index (χ2n) is 3.95. The molecule has 0 heterocycles. The van der Waals surface area contributed by atoms with E-state index >= 15 is 0 Å². The summed E-state index contributed by atoms with van der Waals surface area (Å²) in [7, 11) is 1.56. The van der Waals surface area contributed by atoms with Crippen molar-refractivity contribution in [3.63, 3.8) is 0 Å². The Morgan fingerprint density at radius 3 is 2.80 bits per heavy atom. The number of ether oxygens (including phenoxy) is 1. The van der Waals surface area contributed by atoms with Crippen LogP contribution >= 0.6 is 15.9 Å². The molecule has 1 N–H and O–H groups in total. The molecule has 0 fully saturated rings. The number of hydrogen-bond donors (Lipinski definition) is 1. The molecule has 0 aromatic heterocycles. The van der Waals surface area contributed by atoms with Crippen molar-refractivity contribution in [2.75, 3.05) is 7.11 Å². The summed E-state index contributed by atoms with van der Waals surface area (Å²) in [5.41, 5.74) is 3.86. The second-order valence-corrected chi connectivity index (χ2v) is 4.81. The smallest absolute Gasteiger partial charge is 0.271 e. The first-order chi connectivity index (χ1) is 9.70. The third-order valence-electron chi connectivity index (χ3n) is 2.61. The highest BCUT2D eigenvalue weighted by atomic mass is 79.9. The lowest BCUT2D eigenvalue weighted by Crippen LogP contribution is -2.17. The molecule has 2 aromatic carbocycles. The van der Waals surface area contributed by atoms with Gasteiger partial charge in [-0.3, -0.25) is 4.79 Å². The van der Waals surface area contributed by atoms with Gasteiger partial charge in [-0.25, -0.2) is 5.43 Å². The predicted octanol–water partition coefficient (Wildman–Crippen LogP) is 3.22. The molecule has 0 saturated heterocycles. The Labute approximate surface area is 125 Å². The summed E-state index contributed by atoms with van der Waals surface area (Å²) >= 11 is 3.41. The molecular weight excluding hydrogens is 320 g/mol. The zero-order valence-electron chi connectivity index (χ0n) is 10.8. The molecule has 0 saturated carbocycles. The Hall–Kier alpha value is -2.14. The molecule has 1 amide bonds. The number of halogens is 1. The van der Waals surface area contributed by atoms with Crippen molar-refractivity contribution in [1.82, 2.24) is 5.43 Å². The molecule has 0 aliphatic rings. The number of rotatable bonds is 4. The minimum atomic E-state index is -0.285. The highest BCUT2D eigenvalue weighted by Gasteiger charge is 2.05. The zero-order valence-corrected chi connectivity index (χ0v) is 12.4. The monoisotopic (exact) mass is 332 g/mol. The van der Waals surface area contributed by atoms with Crippen LogP contribution in [0, 0.1) is 0 Å². The van der Waals surface area contributed by atoms with E-state index in [-0.39, 0.29) is 5.91 Å². The van der Waals surface area contributed by atoms with Gasteiger partial charge >= 0.3 is 0 Å². The van der Waals surface area contributed by atoms with E-state index in [2.05, 4.69) is 26.5 Å². The average Bonchev–Trinajstić information content (AvgIpc) is 2.49. The zero-order chi connectivity index (χ0) is 14.4. The largest absolute Gasteiger partial charge is 0.497 e. The van der Waals surface area contributed by atoms with Crippen LogP contribution in [0.25, 0.3) is 0 Å². The van der Waals surface area contributed by atoms with Crippen molar-refractivity contribution < 1.29 is 9.53 Å². The van der Waals surface area contributed by atoms with E-state index in [1.54, 1.807) is 37.6 Å². The fraction of sp³-hybridized carbons (Fsp3) is 0.0667. The first-order valence-electron chi connectivity index (χ1n) is 5.92. The second kappa shape index (κ2) is 6.86. The van der Waals surface area contributed by atoms with Crippen molar-refractivity contribution in [2.45, 2.75) is 0 Å². The Morgan fingerprint density at radius 1 is 1.25 bits per heavy atom. The number of nitrogens with zero attached hydrogens (tertiary/aromatic N) is 1. The van der Waals surface area contributed by atoms with Gasteiger partial charge in [0.1, 0.15) is 5.75 Å². The summed E-state index contributed by atoms with van der Waals surface area (Å²) in [5.74, 6) is 0.347. The van der Waals surface area contributed by atoms with Gasteiger partial charge in [-0.1, -0.05) is 40.2 Å². The summed E-state index contributed by atoms with van der Waals surface area (Å²) in [5, 5.41) is 3.94. The summed E-state index contributed by atoms with van der Waals surface area (Å²) in [6.07, 6.45) is 1.59. The molecule has 0 spiro atoms. The predicted molar refractivity (Wildman–Crippen MR) is 82.2 cm³/mol. The molecule has 0 aliphatic carbocycles. The minimum absolute atomic E-state index is 0.285. The number of carbonyl (C=O) groups is 1. The summed E-state index contributed by atoms with van der Waals surface area (Å²) < 4.78 is 5.99. The number of hydrazone groups is 1. The van der Waals surface area contributed by atoms with Crippen LogP contribution in [-0.4, -0.2) is 19.2 Å². The molecule has 0 radical (unpaired) electrons. The lowest BCUT2D eigenvalue weighted by Gasteiger charge is -2.03. The van der Waals surface area contributed by atoms with Crippen LogP contribution in [0.3, 0.4) is 0 Å². The van der Waals surface area contributed by atoms with Crippen LogP contribution in [0.4, 0.5) is 0 Å². The maximum atomic E-state index is 11.9. The summed E-state index contributed by atoms with van der Waals surface area (Å²) in [6, 6.07) is 14.5. The molecule has 2 rings (SSSR count). The van der Waals surface area contributed by atoms with Crippen LogP contribution in [0.2, 0.25) is 0 Å². The van der Waals surface area contributed by atoms with Crippen molar-refractivity contribution in [3.8, 4) is 5.75 Å². The number of methoxy groups -OCH3 is 1. The van der Waals surface area contributed by atoms with E-state index in [1.807, 2.05) is 24.3 Å². The van der Waals surface area contributed by atoms with E-state index in [1.165, 1.54) is 0 Å². The third-order valence-corrected chi connectivity index (χ3v) is 3.33. The maximum absolute atomic E-state index is 11.9. The third kappa shape index (κ3) is 3.68. The van der Waals surface area contributed by atoms with Gasteiger partial charge in [0, 0.05) is 15.6 Å². The molecule has 0 atom stereocenters. The Morgan fingerprint density at radius 2 is 2.05 bits per heavy atom. The SMILES string of the molecule is COc1cccc(C(=O)N/N=C\c2ccccc2Br)c1. The topological polar surface area (TPSA) is 50.7 Å². The van der Waals surface area contributed by atoms with Crippen molar-refractivity contribution in [1.29, 1.82) is 0 Å². The molecule has 4 nitrogen and oxygen atoms in total. The lowest BCUT2D eigenvalue weighted by molar-refractivity contribution is 0.0955. The Bertz CT molecular complexity index is 641. The minimum Gasteiger partial charge on any atom is -0.497 e. The van der Waals surface area contributed by atoms with Gasteiger partial charge in [0.15, 0.2) is 0 Å². The van der Waals surface area contributed by atoms with Gasteiger partial charge in [-0.15, -0.1) is 0 Å². The number of hydrogen-bond acceptors (Lipinski definition) is 3. The fourth-order valence-corrected chi connectivity index (χ4v) is 1.96. The Kier molecular flexibility index (Phi) is 4.90. The van der Waals surface area contributed by atoms with Crippen LogP contribution in [-0.2, 0) is 0 Å². The first-order valence-corrected chi connectivity index (χ1v) is 6.72. The highest BCUT2D eigenvalue weighted by Crippen LogP contribution is 2.14. The normalized spacial score (nSPS) is 10.5. The average molecular weight is 333 g/mol. The number of amides is 1. The standard InChI is InChI=1S/C15H13BrN2O2/c1-20-13-7-4-6-11(9-13)15(19)18-17-10-12-5-2-3-8-14(12)16/h2-10H,1H3,(H,18,19)/b17-10-. The van der Waals surface area contributed by atoms with Gasteiger partial charge < -0.3 is 4.74 Å². The first kappa shape index (κ1) is 14.3. The molecule has 2 aromatic rings. The number of nitrogens with one attached hydrogen (secondary N) is 1. The molecule has 102 valence electrons. The summed E-state index contributed by atoms with van der Waals surface area (Å²) in [6.45, 7) is 0. The highest BCUT2D eigenvalue weighted by molar-refractivity contribution is 9.10. The van der Waals surface area contributed by atoms with Gasteiger partial charge in [0.2, 0.25) is 0 Å². The van der Waals surface area contributed by atoms with E-state index < -0.39 is 0 Å². The molecule has 5 heteroatoms. The molecule has 0 unspecified atom stereocenters. The van der Waals surface area contributed by atoms with E-state index in [4.69, 9.17) is 4.74 Å². The van der Waals surface area contributed by atoms with Gasteiger partial charge in [-0.2, -0.15) is 5.10 Å². The van der Waals surface area contributed by atoms with E-state index in [9.17, 15) is 4.79 Å². The van der Waals surface area contributed by atoms with Crippen molar-refractivity contribution >= 4 is 28.1 Å².